The molecule has 0 fully saturated rings. The van der Waals surface area contributed by atoms with Crippen LogP contribution in [-0.4, -0.2) is 31.1 Å². The van der Waals surface area contributed by atoms with Crippen molar-refractivity contribution >= 4 is 45.6 Å². The molecule has 0 aliphatic heterocycles. The van der Waals surface area contributed by atoms with Crippen LogP contribution in [0.3, 0.4) is 0 Å². The van der Waals surface area contributed by atoms with E-state index in [1.54, 1.807) is 66.7 Å². The minimum absolute atomic E-state index is 0.354. The van der Waals surface area contributed by atoms with E-state index in [4.69, 9.17) is 9.47 Å². The van der Waals surface area contributed by atoms with E-state index in [1.807, 2.05) is 6.07 Å². The number of hydrogen-bond acceptors (Lipinski definition) is 6. The quantitative estimate of drug-likeness (QED) is 0.178. The maximum Gasteiger partial charge on any atom is 0.343 e. The van der Waals surface area contributed by atoms with Gasteiger partial charge in [0, 0.05) is 4.47 Å². The van der Waals surface area contributed by atoms with Crippen molar-refractivity contribution < 1.29 is 23.9 Å². The van der Waals surface area contributed by atoms with Crippen LogP contribution in [0.4, 0.5) is 5.69 Å². The third-order valence-electron chi connectivity index (χ3n) is 4.09. The average molecular weight is 496 g/mol. The van der Waals surface area contributed by atoms with E-state index < -0.39 is 17.8 Å². The van der Waals surface area contributed by atoms with E-state index in [1.165, 1.54) is 13.3 Å². The second-order valence-electron chi connectivity index (χ2n) is 6.32. The van der Waals surface area contributed by atoms with Crippen LogP contribution in [0.15, 0.2) is 82.4 Å². The molecule has 0 atom stereocenters. The fourth-order valence-electron chi connectivity index (χ4n) is 2.55. The second-order valence-corrected chi connectivity index (χ2v) is 7.24. The van der Waals surface area contributed by atoms with Gasteiger partial charge in [0.15, 0.2) is 0 Å². The van der Waals surface area contributed by atoms with Crippen LogP contribution in [0.2, 0.25) is 0 Å². The van der Waals surface area contributed by atoms with E-state index in [0.717, 1.165) is 4.47 Å². The largest absolute Gasteiger partial charge is 0.495 e. The van der Waals surface area contributed by atoms with Gasteiger partial charge >= 0.3 is 17.8 Å². The Morgan fingerprint density at radius 1 is 0.938 bits per heavy atom. The maximum absolute atomic E-state index is 12.2. The van der Waals surface area contributed by atoms with Crippen molar-refractivity contribution in [2.45, 2.75) is 0 Å². The molecule has 0 aliphatic carbocycles. The summed E-state index contributed by atoms with van der Waals surface area (Å²) in [6.07, 6.45) is 1.36. The number of anilines is 1. The lowest BCUT2D eigenvalue weighted by Gasteiger charge is -2.08. The number of esters is 1. The third-order valence-corrected chi connectivity index (χ3v) is 4.59. The number of hydrazone groups is 1. The summed E-state index contributed by atoms with van der Waals surface area (Å²) in [4.78, 5) is 36.1. The smallest absolute Gasteiger partial charge is 0.343 e. The topological polar surface area (TPSA) is 106 Å². The number of nitrogens with zero attached hydrogens (tertiary/aromatic N) is 1. The van der Waals surface area contributed by atoms with E-state index in [2.05, 4.69) is 31.8 Å². The molecule has 2 amide bonds. The zero-order valence-electron chi connectivity index (χ0n) is 16.9. The van der Waals surface area contributed by atoms with Crippen LogP contribution in [0, 0.1) is 0 Å². The van der Waals surface area contributed by atoms with Crippen molar-refractivity contribution in [1.29, 1.82) is 0 Å². The molecular formula is C23H18BrN3O5. The van der Waals surface area contributed by atoms with E-state index in [9.17, 15) is 14.4 Å². The molecule has 0 saturated heterocycles. The van der Waals surface area contributed by atoms with Crippen molar-refractivity contribution in [3.8, 4) is 11.5 Å². The Morgan fingerprint density at radius 2 is 1.69 bits per heavy atom. The number of hydrogen-bond donors (Lipinski definition) is 2. The molecule has 32 heavy (non-hydrogen) atoms. The van der Waals surface area contributed by atoms with Crippen LogP contribution < -0.4 is 20.2 Å². The maximum atomic E-state index is 12.2. The minimum atomic E-state index is -0.938. The molecule has 8 nitrogen and oxygen atoms in total. The standard InChI is InChI=1S/C23H18BrN3O5/c1-31-20-8-3-2-7-19(20)26-21(28)22(29)27-25-14-15-9-11-18(12-10-15)32-23(30)16-5-4-6-17(24)13-16/h2-14H,1H3,(H,26,28)(H,27,29)/b25-14+. The Balaban J connectivity index is 1.52. The van der Waals surface area contributed by atoms with Crippen molar-refractivity contribution in [1.82, 2.24) is 5.43 Å². The highest BCUT2D eigenvalue weighted by molar-refractivity contribution is 9.10. The molecule has 3 aromatic carbocycles. The van der Waals surface area contributed by atoms with Crippen LogP contribution in [0.1, 0.15) is 15.9 Å². The lowest BCUT2D eigenvalue weighted by molar-refractivity contribution is -0.136. The van der Waals surface area contributed by atoms with Crippen molar-refractivity contribution in [3.05, 3.63) is 88.4 Å². The first-order valence-corrected chi connectivity index (χ1v) is 10.1. The monoisotopic (exact) mass is 495 g/mol. The molecule has 0 aromatic heterocycles. The molecule has 0 saturated carbocycles. The first-order valence-electron chi connectivity index (χ1n) is 9.31. The number of ether oxygens (including phenoxy) is 2. The molecule has 2 N–H and O–H groups in total. The summed E-state index contributed by atoms with van der Waals surface area (Å²) in [5, 5.41) is 6.22. The summed E-state index contributed by atoms with van der Waals surface area (Å²) in [5.41, 5.74) is 3.56. The minimum Gasteiger partial charge on any atom is -0.495 e. The summed E-state index contributed by atoms with van der Waals surface area (Å²) in [7, 11) is 1.46. The van der Waals surface area contributed by atoms with Gasteiger partial charge in [-0.15, -0.1) is 0 Å². The normalized spacial score (nSPS) is 10.4. The Morgan fingerprint density at radius 3 is 2.41 bits per heavy atom. The SMILES string of the molecule is COc1ccccc1NC(=O)C(=O)N/N=C/c1ccc(OC(=O)c2cccc(Br)c2)cc1. The highest BCUT2D eigenvalue weighted by atomic mass is 79.9. The van der Waals surface area contributed by atoms with Gasteiger partial charge in [-0.2, -0.15) is 5.10 Å². The Kier molecular flexibility index (Phi) is 7.71. The average Bonchev–Trinajstić information content (AvgIpc) is 2.80. The van der Waals surface area contributed by atoms with Crippen LogP contribution in [-0.2, 0) is 9.59 Å². The number of rotatable bonds is 6. The molecule has 0 aliphatic rings. The molecule has 3 aromatic rings. The highest BCUT2D eigenvalue weighted by Gasteiger charge is 2.15. The van der Waals surface area contributed by atoms with Crippen LogP contribution in [0.5, 0.6) is 11.5 Å². The van der Waals surface area contributed by atoms with Crippen molar-refractivity contribution in [2.24, 2.45) is 5.10 Å². The van der Waals surface area contributed by atoms with E-state index in [0.29, 0.717) is 28.3 Å². The first-order chi connectivity index (χ1) is 15.5. The number of carbonyl (C=O) groups is 3. The Hall–Kier alpha value is -3.98. The summed E-state index contributed by atoms with van der Waals surface area (Å²) >= 11 is 3.31. The van der Waals surface area contributed by atoms with Crippen molar-refractivity contribution in [2.75, 3.05) is 12.4 Å². The molecule has 9 heteroatoms. The lowest BCUT2D eigenvalue weighted by Crippen LogP contribution is -2.32. The number of methoxy groups -OCH3 is 1. The van der Waals surface area contributed by atoms with Crippen molar-refractivity contribution in [3.63, 3.8) is 0 Å². The van der Waals surface area contributed by atoms with Crippen LogP contribution in [0.25, 0.3) is 0 Å². The number of benzene rings is 3. The van der Waals surface area contributed by atoms with Gasteiger partial charge in [0.1, 0.15) is 11.5 Å². The fourth-order valence-corrected chi connectivity index (χ4v) is 2.95. The Labute approximate surface area is 192 Å². The predicted molar refractivity (Wildman–Crippen MR) is 123 cm³/mol. The zero-order valence-corrected chi connectivity index (χ0v) is 18.5. The molecule has 162 valence electrons. The molecule has 3 rings (SSSR count). The number of halogens is 1. The number of carbonyl (C=O) groups excluding carboxylic acids is 3. The Bertz CT molecular complexity index is 1160. The molecule has 0 bridgehead atoms. The summed E-state index contributed by atoms with van der Waals surface area (Å²) in [6, 6.07) is 20.1. The van der Waals surface area contributed by atoms with Gasteiger partial charge in [0.05, 0.1) is 24.6 Å². The first kappa shape index (κ1) is 22.7. The van der Waals surface area contributed by atoms with Gasteiger partial charge in [-0.25, -0.2) is 10.2 Å². The second kappa shape index (κ2) is 10.9. The molecule has 0 spiro atoms. The number of para-hydroxylation sites is 2. The van der Waals surface area contributed by atoms with Gasteiger partial charge in [0.25, 0.3) is 0 Å². The zero-order chi connectivity index (χ0) is 22.9. The third kappa shape index (κ3) is 6.26. The summed E-state index contributed by atoms with van der Waals surface area (Å²) in [6.45, 7) is 0. The lowest BCUT2D eigenvalue weighted by atomic mass is 10.2. The van der Waals surface area contributed by atoms with Gasteiger partial charge < -0.3 is 14.8 Å². The van der Waals surface area contributed by atoms with E-state index >= 15 is 0 Å². The van der Waals surface area contributed by atoms with Gasteiger partial charge in [-0.3, -0.25) is 9.59 Å². The molecular weight excluding hydrogens is 478 g/mol. The summed E-state index contributed by atoms with van der Waals surface area (Å²) < 4.78 is 11.2. The van der Waals surface area contributed by atoms with Crippen LogP contribution >= 0.6 is 15.9 Å². The van der Waals surface area contributed by atoms with Gasteiger partial charge in [-0.1, -0.05) is 34.1 Å². The number of nitrogens with one attached hydrogen (secondary N) is 2. The van der Waals surface area contributed by atoms with E-state index in [-0.39, 0.29) is 0 Å². The molecule has 0 unspecified atom stereocenters. The predicted octanol–water partition coefficient (Wildman–Crippen LogP) is 3.77. The molecule has 0 heterocycles. The number of amides is 2. The van der Waals surface area contributed by atoms with Gasteiger partial charge in [0.2, 0.25) is 0 Å². The highest BCUT2D eigenvalue weighted by Crippen LogP contribution is 2.22. The molecule has 0 radical (unpaired) electrons. The van der Waals surface area contributed by atoms with Gasteiger partial charge in [-0.05, 0) is 60.2 Å². The fraction of sp³-hybridized carbons (Fsp3) is 0.0435. The summed E-state index contributed by atoms with van der Waals surface area (Å²) in [5.74, 6) is -1.53.